The molecule has 0 saturated heterocycles. The van der Waals surface area contributed by atoms with Crippen LogP contribution in [0, 0.1) is 0 Å². The molecule has 1 amide bonds. The van der Waals surface area contributed by atoms with Crippen molar-refractivity contribution in [1.29, 1.82) is 0 Å². The fraction of sp³-hybridized carbons (Fsp3) is 0.364. The van der Waals surface area contributed by atoms with Crippen molar-refractivity contribution in [2.24, 2.45) is 0 Å². The van der Waals surface area contributed by atoms with E-state index >= 15 is 0 Å². The minimum absolute atomic E-state index is 0.304. The summed E-state index contributed by atoms with van der Waals surface area (Å²) in [5.41, 5.74) is 0. The summed E-state index contributed by atoms with van der Waals surface area (Å²) in [7, 11) is -2.14. The average Bonchev–Trinajstić information content (AvgIpc) is 2.70. The number of carbonyl (C=O) groups excluding carboxylic acids is 1. The Balaban J connectivity index is 2.39. The van der Waals surface area contributed by atoms with Gasteiger partial charge in [0.05, 0.1) is 0 Å². The van der Waals surface area contributed by atoms with Crippen LogP contribution in [0.15, 0.2) is 60.7 Å². The van der Waals surface area contributed by atoms with Gasteiger partial charge in [0.1, 0.15) is 14.1 Å². The van der Waals surface area contributed by atoms with E-state index < -0.39 is 20.1 Å². The molecule has 2 N–H and O–H groups in total. The second-order valence-corrected chi connectivity index (χ2v) is 13.0. The molecule has 0 heterocycles. The van der Waals surface area contributed by atoms with Gasteiger partial charge < -0.3 is 10.4 Å². The predicted octanol–water partition coefficient (Wildman–Crippen LogP) is 2.91. The number of rotatable bonds is 10. The van der Waals surface area contributed by atoms with E-state index in [9.17, 15) is 14.7 Å². The van der Waals surface area contributed by atoms with Crippen LogP contribution in [-0.4, -0.2) is 41.7 Å². The molecule has 6 heteroatoms. The maximum Gasteiger partial charge on any atom is 0.327 e. The largest absolute Gasteiger partial charge is 0.480 e. The van der Waals surface area contributed by atoms with Gasteiger partial charge in [-0.25, -0.2) is 4.79 Å². The summed E-state index contributed by atoms with van der Waals surface area (Å²) in [4.78, 5) is 23.3. The summed E-state index contributed by atoms with van der Waals surface area (Å²) in [6, 6.07) is 20.3. The normalized spacial score (nSPS) is 13.5. The van der Waals surface area contributed by atoms with Crippen LogP contribution < -0.4 is 15.7 Å². The number of aliphatic carboxylic acids is 1. The van der Waals surface area contributed by atoms with Gasteiger partial charge in [0, 0.05) is 17.5 Å². The Morgan fingerprint density at radius 3 is 1.93 bits per heavy atom. The van der Waals surface area contributed by atoms with E-state index in [4.69, 9.17) is 0 Å². The van der Waals surface area contributed by atoms with Gasteiger partial charge in [-0.2, -0.15) is 11.8 Å². The van der Waals surface area contributed by atoms with Gasteiger partial charge in [0.2, 0.25) is 5.91 Å². The Morgan fingerprint density at radius 2 is 1.54 bits per heavy atom. The number of carboxylic acids is 1. The summed E-state index contributed by atoms with van der Waals surface area (Å²) < 4.78 is 0. The van der Waals surface area contributed by atoms with Crippen molar-refractivity contribution < 1.29 is 14.7 Å². The number of thioether (sulfide) groups is 1. The highest BCUT2D eigenvalue weighted by molar-refractivity contribution is 8.02. The molecule has 0 fully saturated rings. The summed E-state index contributed by atoms with van der Waals surface area (Å²) in [6.45, 7) is 5.90. The van der Waals surface area contributed by atoms with Crippen LogP contribution in [0.3, 0.4) is 0 Å². The van der Waals surface area contributed by atoms with Gasteiger partial charge in [-0.05, 0) is 6.42 Å². The first-order valence-electron chi connectivity index (χ1n) is 9.62. The minimum atomic E-state index is -2.14. The zero-order chi connectivity index (χ0) is 20.6. The van der Waals surface area contributed by atoms with Crippen molar-refractivity contribution in [3.63, 3.8) is 0 Å². The van der Waals surface area contributed by atoms with Crippen molar-refractivity contribution >= 4 is 42.1 Å². The lowest BCUT2D eigenvalue weighted by Crippen LogP contribution is -2.63. The lowest BCUT2D eigenvalue weighted by atomic mass is 10.3. The molecular formula is C22H29NO3SSi. The topological polar surface area (TPSA) is 66.4 Å². The second-order valence-electron chi connectivity index (χ2n) is 7.14. The first kappa shape index (κ1) is 22.2. The van der Waals surface area contributed by atoms with Crippen LogP contribution in [-0.2, 0) is 9.59 Å². The van der Waals surface area contributed by atoms with Crippen molar-refractivity contribution in [1.82, 2.24) is 5.32 Å². The molecule has 2 aromatic carbocycles. The summed E-state index contributed by atoms with van der Waals surface area (Å²) in [6.07, 6.45) is 2.03. The Bertz CT molecular complexity index is 730. The number of carboxylic acid groups (broad SMARTS) is 1. The zero-order valence-electron chi connectivity index (χ0n) is 16.7. The third-order valence-corrected chi connectivity index (χ3v) is 12.8. The number of hydrogen-bond donors (Lipinski definition) is 2. The van der Waals surface area contributed by atoms with Gasteiger partial charge in [0.15, 0.2) is 0 Å². The molecule has 2 rings (SSSR count). The molecule has 0 radical (unpaired) electrons. The Kier molecular flexibility index (Phi) is 8.32. The lowest BCUT2D eigenvalue weighted by Gasteiger charge is -2.37. The van der Waals surface area contributed by atoms with E-state index in [-0.39, 0.29) is 5.91 Å². The van der Waals surface area contributed by atoms with Gasteiger partial charge in [-0.1, -0.05) is 90.9 Å². The Morgan fingerprint density at radius 1 is 1.04 bits per heavy atom. The molecular weight excluding hydrogens is 386 g/mol. The molecule has 1 unspecified atom stereocenters. The number of benzene rings is 2. The van der Waals surface area contributed by atoms with Crippen LogP contribution in [0.25, 0.3) is 0 Å². The van der Waals surface area contributed by atoms with Gasteiger partial charge in [-0.3, -0.25) is 4.79 Å². The highest BCUT2D eigenvalue weighted by Gasteiger charge is 2.40. The van der Waals surface area contributed by atoms with Gasteiger partial charge in [0.25, 0.3) is 0 Å². The van der Waals surface area contributed by atoms with Crippen LogP contribution in [0.1, 0.15) is 26.7 Å². The van der Waals surface area contributed by atoms with Crippen LogP contribution in [0.2, 0.25) is 6.55 Å². The molecule has 0 bridgehead atoms. The molecule has 0 aliphatic carbocycles. The fourth-order valence-corrected chi connectivity index (χ4v) is 10.7. The standard InChI is InChI=1S/C22H29NO3SSi/c1-4-11-21(27-16-20(22(25)26)23-17(2)24)28(3,18-12-7-5-8-13-18)19-14-9-6-10-15-19/h5-10,12-15,20-21H,4,11,16H2,1-3H3,(H,23,24)(H,25,26)/t20-,21?/m0/s1. The molecule has 2 aromatic rings. The molecule has 0 aliphatic rings. The smallest absolute Gasteiger partial charge is 0.327 e. The number of hydrogen-bond acceptors (Lipinski definition) is 3. The second kappa shape index (κ2) is 10.5. The number of nitrogens with one attached hydrogen (secondary N) is 1. The SMILES string of the molecule is CCCC(SC[C@H](NC(C)=O)C(=O)O)[Si](C)(c1ccccc1)c1ccccc1. The van der Waals surface area contributed by atoms with Gasteiger partial charge >= 0.3 is 5.97 Å². The fourth-order valence-electron chi connectivity index (χ4n) is 3.54. The summed E-state index contributed by atoms with van der Waals surface area (Å²) in [5, 5.41) is 14.7. The number of carbonyl (C=O) groups is 2. The monoisotopic (exact) mass is 415 g/mol. The third-order valence-electron chi connectivity index (χ3n) is 5.08. The van der Waals surface area contributed by atoms with E-state index in [0.29, 0.717) is 10.6 Å². The van der Waals surface area contributed by atoms with E-state index in [2.05, 4.69) is 67.3 Å². The van der Waals surface area contributed by atoms with E-state index in [1.807, 2.05) is 12.1 Å². The zero-order valence-corrected chi connectivity index (χ0v) is 18.5. The van der Waals surface area contributed by atoms with E-state index in [1.54, 1.807) is 11.8 Å². The average molecular weight is 416 g/mol. The van der Waals surface area contributed by atoms with Crippen LogP contribution in [0.4, 0.5) is 0 Å². The summed E-state index contributed by atoms with van der Waals surface area (Å²) in [5.74, 6) is -0.936. The van der Waals surface area contributed by atoms with Crippen molar-refractivity contribution in [3.05, 3.63) is 60.7 Å². The molecule has 0 saturated carbocycles. The van der Waals surface area contributed by atoms with Crippen molar-refractivity contribution in [2.75, 3.05) is 5.75 Å². The molecule has 0 aromatic heterocycles. The van der Waals surface area contributed by atoms with E-state index in [0.717, 1.165) is 12.8 Å². The molecule has 0 spiro atoms. The van der Waals surface area contributed by atoms with Crippen molar-refractivity contribution in [3.8, 4) is 0 Å². The first-order valence-corrected chi connectivity index (χ1v) is 13.2. The molecule has 0 aliphatic heterocycles. The molecule has 28 heavy (non-hydrogen) atoms. The highest BCUT2D eigenvalue weighted by atomic mass is 32.2. The Labute approximate surface area is 172 Å². The maximum absolute atomic E-state index is 11.6. The molecule has 150 valence electrons. The van der Waals surface area contributed by atoms with Gasteiger partial charge in [-0.15, -0.1) is 0 Å². The summed E-state index contributed by atoms with van der Waals surface area (Å²) >= 11 is 1.69. The quantitative estimate of drug-likeness (QED) is 0.586. The molecule has 2 atom stereocenters. The van der Waals surface area contributed by atoms with Crippen LogP contribution in [0.5, 0.6) is 0 Å². The first-order chi connectivity index (χ1) is 13.4. The predicted molar refractivity (Wildman–Crippen MR) is 120 cm³/mol. The minimum Gasteiger partial charge on any atom is -0.480 e. The maximum atomic E-state index is 11.6. The molecule has 4 nitrogen and oxygen atoms in total. The highest BCUT2D eigenvalue weighted by Crippen LogP contribution is 2.27. The van der Waals surface area contributed by atoms with E-state index in [1.165, 1.54) is 17.3 Å². The van der Waals surface area contributed by atoms with Crippen LogP contribution >= 0.6 is 11.8 Å². The third kappa shape index (κ3) is 5.48. The number of amides is 1. The lowest BCUT2D eigenvalue weighted by molar-refractivity contribution is -0.140. The van der Waals surface area contributed by atoms with Crippen molar-refractivity contribution in [2.45, 2.75) is 44.2 Å². The Hall–Kier alpha value is -2.05.